The predicted octanol–water partition coefficient (Wildman–Crippen LogP) is 2.69. The average molecular weight is 250 g/mol. The highest BCUT2D eigenvalue weighted by molar-refractivity contribution is 5.03. The Morgan fingerprint density at radius 1 is 1.28 bits per heavy atom. The maximum atomic E-state index is 5.74. The van der Waals surface area contributed by atoms with Gasteiger partial charge < -0.3 is 10.3 Å². The normalized spacial score (nSPS) is 18.1. The van der Waals surface area contributed by atoms with E-state index in [4.69, 9.17) is 5.73 Å². The van der Waals surface area contributed by atoms with Gasteiger partial charge in [-0.2, -0.15) is 0 Å². The van der Waals surface area contributed by atoms with Gasteiger partial charge in [-0.3, -0.25) is 0 Å². The fourth-order valence-electron chi connectivity index (χ4n) is 2.82. The molecule has 2 rings (SSSR count). The van der Waals surface area contributed by atoms with Crippen molar-refractivity contribution in [2.24, 2.45) is 17.1 Å². The monoisotopic (exact) mass is 250 g/mol. The van der Waals surface area contributed by atoms with E-state index < -0.39 is 0 Å². The molecule has 2 N–H and O–H groups in total. The summed E-state index contributed by atoms with van der Waals surface area (Å²) in [7, 11) is 0. The van der Waals surface area contributed by atoms with Crippen LogP contribution in [0.2, 0.25) is 0 Å². The van der Waals surface area contributed by atoms with E-state index >= 15 is 0 Å². The molecule has 1 aromatic heterocycles. The summed E-state index contributed by atoms with van der Waals surface area (Å²) < 4.78 is 2.29. The standard InChI is InChI=1S/C14H26N4/c1-10(8-14(2,3)4)7-12-16-17-13(9-15)18(12)11-5-6-11/h10-11H,5-9,15H2,1-4H3. The minimum Gasteiger partial charge on any atom is -0.324 e. The Labute approximate surface area is 110 Å². The molecule has 18 heavy (non-hydrogen) atoms. The molecule has 0 saturated heterocycles. The zero-order valence-electron chi connectivity index (χ0n) is 12.1. The van der Waals surface area contributed by atoms with Crippen molar-refractivity contribution in [1.29, 1.82) is 0 Å². The second-order valence-electron chi connectivity index (χ2n) is 6.91. The van der Waals surface area contributed by atoms with E-state index in [1.165, 1.54) is 19.3 Å². The lowest BCUT2D eigenvalue weighted by molar-refractivity contribution is 0.301. The molecule has 4 heteroatoms. The summed E-state index contributed by atoms with van der Waals surface area (Å²) in [5.74, 6) is 2.72. The highest BCUT2D eigenvalue weighted by atomic mass is 15.3. The summed E-state index contributed by atoms with van der Waals surface area (Å²) in [6, 6.07) is 0.621. The van der Waals surface area contributed by atoms with Gasteiger partial charge in [-0.25, -0.2) is 0 Å². The number of hydrogen-bond acceptors (Lipinski definition) is 3. The molecule has 1 unspecified atom stereocenters. The third kappa shape index (κ3) is 3.31. The van der Waals surface area contributed by atoms with Gasteiger partial charge in [-0.05, 0) is 30.6 Å². The molecule has 0 aromatic carbocycles. The molecule has 0 amide bonds. The summed E-state index contributed by atoms with van der Waals surface area (Å²) in [4.78, 5) is 0. The molecule has 1 aromatic rings. The van der Waals surface area contributed by atoms with E-state index in [9.17, 15) is 0 Å². The van der Waals surface area contributed by atoms with Crippen molar-refractivity contribution in [2.45, 2.75) is 66.0 Å². The molecular weight excluding hydrogens is 224 g/mol. The van der Waals surface area contributed by atoms with Crippen LogP contribution < -0.4 is 5.73 Å². The van der Waals surface area contributed by atoms with Crippen LogP contribution in [0.1, 0.15) is 64.6 Å². The lowest BCUT2D eigenvalue weighted by atomic mass is 9.84. The molecule has 102 valence electrons. The third-order valence-corrected chi connectivity index (χ3v) is 3.42. The van der Waals surface area contributed by atoms with Gasteiger partial charge in [0.25, 0.3) is 0 Å². The SMILES string of the molecule is CC(Cc1nnc(CN)n1C1CC1)CC(C)(C)C. The largest absolute Gasteiger partial charge is 0.324 e. The van der Waals surface area contributed by atoms with Gasteiger partial charge in [0.15, 0.2) is 0 Å². The van der Waals surface area contributed by atoms with E-state index in [2.05, 4.69) is 42.5 Å². The number of nitrogens with two attached hydrogens (primary N) is 1. The predicted molar refractivity (Wildman–Crippen MR) is 73.1 cm³/mol. The van der Waals surface area contributed by atoms with Crippen molar-refractivity contribution in [3.8, 4) is 0 Å². The van der Waals surface area contributed by atoms with Crippen molar-refractivity contribution in [2.75, 3.05) is 0 Å². The zero-order valence-corrected chi connectivity index (χ0v) is 12.1. The topological polar surface area (TPSA) is 56.7 Å². The van der Waals surface area contributed by atoms with Gasteiger partial charge in [0.1, 0.15) is 11.6 Å². The van der Waals surface area contributed by atoms with Gasteiger partial charge in [0.2, 0.25) is 0 Å². The Balaban J connectivity index is 2.07. The van der Waals surface area contributed by atoms with Crippen molar-refractivity contribution in [1.82, 2.24) is 14.8 Å². The number of nitrogens with zero attached hydrogens (tertiary/aromatic N) is 3. The third-order valence-electron chi connectivity index (χ3n) is 3.42. The Morgan fingerprint density at radius 3 is 2.39 bits per heavy atom. The van der Waals surface area contributed by atoms with Crippen LogP contribution in [-0.4, -0.2) is 14.8 Å². The first kappa shape index (κ1) is 13.5. The molecule has 1 aliphatic carbocycles. The Morgan fingerprint density at radius 2 is 1.89 bits per heavy atom. The van der Waals surface area contributed by atoms with E-state index in [0.29, 0.717) is 23.9 Å². The molecule has 0 radical (unpaired) electrons. The van der Waals surface area contributed by atoms with Crippen LogP contribution in [0.3, 0.4) is 0 Å². The van der Waals surface area contributed by atoms with Gasteiger partial charge in [0.05, 0.1) is 6.54 Å². The molecule has 0 bridgehead atoms. The van der Waals surface area contributed by atoms with E-state index in [1.54, 1.807) is 0 Å². The molecule has 1 aliphatic rings. The second-order valence-corrected chi connectivity index (χ2v) is 6.91. The van der Waals surface area contributed by atoms with E-state index in [-0.39, 0.29) is 0 Å². The van der Waals surface area contributed by atoms with E-state index in [1.807, 2.05) is 0 Å². The first-order chi connectivity index (χ1) is 8.40. The summed E-state index contributed by atoms with van der Waals surface area (Å²) in [5.41, 5.74) is 6.11. The van der Waals surface area contributed by atoms with E-state index in [0.717, 1.165) is 18.1 Å². The highest BCUT2D eigenvalue weighted by Gasteiger charge is 2.29. The van der Waals surface area contributed by atoms with Crippen LogP contribution >= 0.6 is 0 Å². The summed E-state index contributed by atoms with van der Waals surface area (Å²) in [6.45, 7) is 9.68. The van der Waals surface area contributed by atoms with Crippen LogP contribution in [0.25, 0.3) is 0 Å². The minimum absolute atomic E-state index is 0.376. The molecule has 1 atom stereocenters. The number of rotatable bonds is 5. The minimum atomic E-state index is 0.376. The fourth-order valence-corrected chi connectivity index (χ4v) is 2.82. The van der Waals surface area contributed by atoms with Crippen LogP contribution in [0.15, 0.2) is 0 Å². The second kappa shape index (κ2) is 5.00. The van der Waals surface area contributed by atoms with Crippen molar-refractivity contribution < 1.29 is 0 Å². The number of hydrogen-bond donors (Lipinski definition) is 1. The summed E-state index contributed by atoms with van der Waals surface area (Å²) in [6.07, 6.45) is 4.74. The quantitative estimate of drug-likeness (QED) is 0.874. The highest BCUT2D eigenvalue weighted by Crippen LogP contribution is 2.37. The molecule has 1 fully saturated rings. The lowest BCUT2D eigenvalue weighted by Crippen LogP contribution is -2.16. The molecule has 0 spiro atoms. The number of aromatic nitrogens is 3. The van der Waals surface area contributed by atoms with Gasteiger partial charge in [0, 0.05) is 12.5 Å². The maximum absolute atomic E-state index is 5.74. The summed E-state index contributed by atoms with van der Waals surface area (Å²) in [5, 5.41) is 8.58. The van der Waals surface area contributed by atoms with Gasteiger partial charge >= 0.3 is 0 Å². The van der Waals surface area contributed by atoms with Gasteiger partial charge in [-0.15, -0.1) is 10.2 Å². The average Bonchev–Trinajstić information content (AvgIpc) is 2.98. The van der Waals surface area contributed by atoms with Crippen molar-refractivity contribution in [3.05, 3.63) is 11.6 Å². The Hall–Kier alpha value is -0.900. The van der Waals surface area contributed by atoms with Crippen molar-refractivity contribution >= 4 is 0 Å². The van der Waals surface area contributed by atoms with Crippen LogP contribution in [-0.2, 0) is 13.0 Å². The summed E-state index contributed by atoms with van der Waals surface area (Å²) >= 11 is 0. The first-order valence-electron chi connectivity index (χ1n) is 7.03. The lowest BCUT2D eigenvalue weighted by Gasteiger charge is -2.23. The van der Waals surface area contributed by atoms with Crippen molar-refractivity contribution in [3.63, 3.8) is 0 Å². The molecule has 1 saturated carbocycles. The molecule has 4 nitrogen and oxygen atoms in total. The Bertz CT molecular complexity index is 398. The molecule has 1 heterocycles. The first-order valence-corrected chi connectivity index (χ1v) is 7.03. The fraction of sp³-hybridized carbons (Fsp3) is 0.857. The zero-order chi connectivity index (χ0) is 13.3. The smallest absolute Gasteiger partial charge is 0.147 e. The Kier molecular flexibility index (Phi) is 3.76. The maximum Gasteiger partial charge on any atom is 0.147 e. The molecule has 0 aliphatic heterocycles. The van der Waals surface area contributed by atoms with Crippen LogP contribution in [0.5, 0.6) is 0 Å². The molecular formula is C14H26N4. The van der Waals surface area contributed by atoms with Crippen LogP contribution in [0.4, 0.5) is 0 Å². The van der Waals surface area contributed by atoms with Crippen LogP contribution in [0, 0.1) is 11.3 Å². The van der Waals surface area contributed by atoms with Gasteiger partial charge in [-0.1, -0.05) is 27.7 Å².